The third-order valence-electron chi connectivity index (χ3n) is 1.68. The maximum Gasteiger partial charge on any atom is 0.416 e. The number of nitrogens with zero attached hydrogens (tertiary/aromatic N) is 1. The second kappa shape index (κ2) is 4.37. The zero-order valence-electron chi connectivity index (χ0n) is 8.35. The Morgan fingerprint density at radius 2 is 2.07 bits per heavy atom. The van der Waals surface area contributed by atoms with E-state index >= 15 is 0 Å². The van der Waals surface area contributed by atoms with Crippen molar-refractivity contribution in [2.75, 3.05) is 19.0 Å². The summed E-state index contributed by atoms with van der Waals surface area (Å²) >= 11 is 0. The summed E-state index contributed by atoms with van der Waals surface area (Å²) in [5.74, 6) is 0.102. The van der Waals surface area contributed by atoms with Crippen LogP contribution in [-0.4, -0.2) is 18.6 Å². The molecule has 0 fully saturated rings. The Bertz CT molecular complexity index is 339. The molecule has 15 heavy (non-hydrogen) atoms. The van der Waals surface area contributed by atoms with Crippen LogP contribution in [0.15, 0.2) is 12.1 Å². The molecule has 1 aromatic heterocycles. The molecule has 6 heteroatoms. The maximum absolute atomic E-state index is 12.4. The smallest absolute Gasteiger partial charge is 0.416 e. The zero-order valence-corrected chi connectivity index (χ0v) is 8.35. The van der Waals surface area contributed by atoms with Gasteiger partial charge >= 0.3 is 6.18 Å². The van der Waals surface area contributed by atoms with Crippen molar-refractivity contribution in [3.8, 4) is 5.88 Å². The second-order valence-electron chi connectivity index (χ2n) is 2.76. The number of hydrogen-bond donors (Lipinski definition) is 1. The van der Waals surface area contributed by atoms with Gasteiger partial charge in [-0.2, -0.15) is 18.2 Å². The Labute approximate surface area is 85.3 Å². The van der Waals surface area contributed by atoms with Gasteiger partial charge in [-0.05, 0) is 13.0 Å². The molecule has 0 saturated carbocycles. The van der Waals surface area contributed by atoms with Crippen molar-refractivity contribution in [3.63, 3.8) is 0 Å². The fraction of sp³-hybridized carbons (Fsp3) is 0.444. The van der Waals surface area contributed by atoms with Gasteiger partial charge in [-0.15, -0.1) is 0 Å². The molecule has 3 nitrogen and oxygen atoms in total. The predicted molar refractivity (Wildman–Crippen MR) is 50.0 cm³/mol. The molecule has 0 aromatic carbocycles. The van der Waals surface area contributed by atoms with Crippen molar-refractivity contribution < 1.29 is 17.9 Å². The minimum Gasteiger partial charge on any atom is -0.478 e. The summed E-state index contributed by atoms with van der Waals surface area (Å²) in [5.41, 5.74) is -0.773. The molecule has 1 N–H and O–H groups in total. The van der Waals surface area contributed by atoms with Gasteiger partial charge in [0.25, 0.3) is 0 Å². The van der Waals surface area contributed by atoms with Gasteiger partial charge in [-0.1, -0.05) is 0 Å². The van der Waals surface area contributed by atoms with Gasteiger partial charge < -0.3 is 10.1 Å². The summed E-state index contributed by atoms with van der Waals surface area (Å²) in [4.78, 5) is 3.82. The Kier molecular flexibility index (Phi) is 3.39. The molecule has 0 aliphatic heterocycles. The second-order valence-corrected chi connectivity index (χ2v) is 2.76. The number of nitrogens with one attached hydrogen (secondary N) is 1. The average molecular weight is 220 g/mol. The molecule has 1 rings (SSSR count). The number of hydrogen-bond acceptors (Lipinski definition) is 3. The fourth-order valence-electron chi connectivity index (χ4n) is 1.02. The van der Waals surface area contributed by atoms with E-state index in [2.05, 4.69) is 10.3 Å². The molecule has 0 atom stereocenters. The molecular formula is C9H11F3N2O. The molecule has 0 spiro atoms. The maximum atomic E-state index is 12.4. The van der Waals surface area contributed by atoms with Crippen LogP contribution in [0, 0.1) is 0 Å². The van der Waals surface area contributed by atoms with E-state index < -0.39 is 11.7 Å². The molecule has 0 bridgehead atoms. The molecular weight excluding hydrogens is 209 g/mol. The standard InChI is InChI=1S/C9H11F3N2O/c1-3-15-8-5-6(9(10,11)12)4-7(13-2)14-8/h4-5H,3H2,1-2H3,(H,13,14). The van der Waals surface area contributed by atoms with Gasteiger partial charge in [0.05, 0.1) is 12.2 Å². The topological polar surface area (TPSA) is 34.1 Å². The van der Waals surface area contributed by atoms with Crippen molar-refractivity contribution >= 4 is 5.82 Å². The first-order valence-corrected chi connectivity index (χ1v) is 4.37. The zero-order chi connectivity index (χ0) is 11.5. The van der Waals surface area contributed by atoms with Crippen LogP contribution in [0.5, 0.6) is 5.88 Å². The Morgan fingerprint density at radius 3 is 2.53 bits per heavy atom. The largest absolute Gasteiger partial charge is 0.478 e. The van der Waals surface area contributed by atoms with Gasteiger partial charge in [0, 0.05) is 13.1 Å². The van der Waals surface area contributed by atoms with Gasteiger partial charge in [0.2, 0.25) is 5.88 Å². The van der Waals surface area contributed by atoms with Gasteiger partial charge in [0.15, 0.2) is 0 Å². The Balaban J connectivity index is 3.11. The number of halogens is 3. The van der Waals surface area contributed by atoms with Crippen molar-refractivity contribution in [3.05, 3.63) is 17.7 Å². The van der Waals surface area contributed by atoms with E-state index in [0.29, 0.717) is 0 Å². The number of ether oxygens (including phenoxy) is 1. The lowest BCUT2D eigenvalue weighted by Crippen LogP contribution is -2.08. The summed E-state index contributed by atoms with van der Waals surface area (Å²) < 4.78 is 42.2. The van der Waals surface area contributed by atoms with E-state index in [0.717, 1.165) is 12.1 Å². The highest BCUT2D eigenvalue weighted by Crippen LogP contribution is 2.32. The van der Waals surface area contributed by atoms with Crippen LogP contribution in [-0.2, 0) is 6.18 Å². The minimum atomic E-state index is -4.39. The third-order valence-corrected chi connectivity index (χ3v) is 1.68. The monoisotopic (exact) mass is 220 g/mol. The SMILES string of the molecule is CCOc1cc(C(F)(F)F)cc(NC)n1. The van der Waals surface area contributed by atoms with Crippen molar-refractivity contribution in [2.24, 2.45) is 0 Å². The van der Waals surface area contributed by atoms with E-state index in [9.17, 15) is 13.2 Å². The van der Waals surface area contributed by atoms with Gasteiger partial charge in [-0.3, -0.25) is 0 Å². The lowest BCUT2D eigenvalue weighted by atomic mass is 10.2. The molecule has 1 aromatic rings. The van der Waals surface area contributed by atoms with Crippen molar-refractivity contribution in [1.29, 1.82) is 0 Å². The van der Waals surface area contributed by atoms with Crippen molar-refractivity contribution in [2.45, 2.75) is 13.1 Å². The summed E-state index contributed by atoms with van der Waals surface area (Å²) in [7, 11) is 1.50. The molecule has 84 valence electrons. The Hall–Kier alpha value is -1.46. The van der Waals surface area contributed by atoms with Gasteiger partial charge in [-0.25, -0.2) is 0 Å². The predicted octanol–water partition coefficient (Wildman–Crippen LogP) is 2.54. The highest BCUT2D eigenvalue weighted by atomic mass is 19.4. The average Bonchev–Trinajstić information content (AvgIpc) is 2.16. The van der Waals surface area contributed by atoms with Crippen LogP contribution in [0.4, 0.5) is 19.0 Å². The summed E-state index contributed by atoms with van der Waals surface area (Å²) in [6, 6.07) is 1.81. The number of rotatable bonds is 3. The number of anilines is 1. The highest BCUT2D eigenvalue weighted by Gasteiger charge is 2.31. The molecule has 1 heterocycles. The molecule has 0 aliphatic rings. The first-order chi connectivity index (χ1) is 6.97. The van der Waals surface area contributed by atoms with E-state index in [1.54, 1.807) is 6.92 Å². The van der Waals surface area contributed by atoms with Crippen LogP contribution in [0.1, 0.15) is 12.5 Å². The lowest BCUT2D eigenvalue weighted by molar-refractivity contribution is -0.137. The van der Waals surface area contributed by atoms with Crippen LogP contribution in [0.2, 0.25) is 0 Å². The minimum absolute atomic E-state index is 0.0309. The molecule has 0 radical (unpaired) electrons. The molecule has 0 aliphatic carbocycles. The first kappa shape index (κ1) is 11.6. The molecule has 0 unspecified atom stereocenters. The van der Waals surface area contributed by atoms with E-state index in [1.165, 1.54) is 7.05 Å². The van der Waals surface area contributed by atoms with Crippen molar-refractivity contribution in [1.82, 2.24) is 4.98 Å². The fourth-order valence-corrected chi connectivity index (χ4v) is 1.02. The van der Waals surface area contributed by atoms with Crippen LogP contribution >= 0.6 is 0 Å². The summed E-state index contributed by atoms with van der Waals surface area (Å²) in [5, 5.41) is 2.55. The molecule has 0 saturated heterocycles. The lowest BCUT2D eigenvalue weighted by Gasteiger charge is -2.11. The number of aromatic nitrogens is 1. The highest BCUT2D eigenvalue weighted by molar-refractivity contribution is 5.42. The van der Waals surface area contributed by atoms with E-state index in [-0.39, 0.29) is 18.3 Å². The quantitative estimate of drug-likeness (QED) is 0.849. The van der Waals surface area contributed by atoms with Gasteiger partial charge in [0.1, 0.15) is 5.82 Å². The van der Waals surface area contributed by atoms with E-state index in [4.69, 9.17) is 4.74 Å². The summed E-state index contributed by atoms with van der Waals surface area (Å²) in [6.45, 7) is 1.96. The van der Waals surface area contributed by atoms with Crippen LogP contribution in [0.3, 0.4) is 0 Å². The van der Waals surface area contributed by atoms with E-state index in [1.807, 2.05) is 0 Å². The third kappa shape index (κ3) is 3.00. The number of alkyl halides is 3. The number of pyridine rings is 1. The summed E-state index contributed by atoms with van der Waals surface area (Å²) in [6.07, 6.45) is -4.39. The first-order valence-electron chi connectivity index (χ1n) is 4.37. The Morgan fingerprint density at radius 1 is 1.40 bits per heavy atom. The normalized spacial score (nSPS) is 11.3. The van der Waals surface area contributed by atoms with Crippen LogP contribution < -0.4 is 10.1 Å². The molecule has 0 amide bonds. The van der Waals surface area contributed by atoms with Crippen LogP contribution in [0.25, 0.3) is 0 Å².